The molecule has 1 atom stereocenters. The summed E-state index contributed by atoms with van der Waals surface area (Å²) in [4.78, 5) is 11.5. The van der Waals surface area contributed by atoms with Crippen molar-refractivity contribution in [2.75, 3.05) is 36.0 Å². The normalized spacial score (nSPS) is 16.6. The minimum atomic E-state index is -4.54. The summed E-state index contributed by atoms with van der Waals surface area (Å²) in [5.41, 5.74) is 11.9. The fourth-order valence-corrected chi connectivity index (χ4v) is 4.32. The van der Waals surface area contributed by atoms with Crippen LogP contribution in [0.4, 0.5) is 30.4 Å². The van der Waals surface area contributed by atoms with E-state index in [4.69, 9.17) is 16.5 Å². The summed E-state index contributed by atoms with van der Waals surface area (Å²) in [7, 11) is 0. The molecule has 6 nitrogen and oxygen atoms in total. The molecule has 1 saturated heterocycles. The third-order valence-corrected chi connectivity index (χ3v) is 6.03. The van der Waals surface area contributed by atoms with Gasteiger partial charge in [0.25, 0.3) is 0 Å². The van der Waals surface area contributed by atoms with Crippen LogP contribution in [0.3, 0.4) is 0 Å². The number of alkyl halides is 3. The molecule has 3 aromatic rings. The lowest BCUT2D eigenvalue weighted by Crippen LogP contribution is -2.33. The first-order valence-electron chi connectivity index (χ1n) is 11.3. The van der Waals surface area contributed by atoms with Crippen molar-refractivity contribution in [2.45, 2.75) is 44.8 Å². The molecule has 2 heterocycles. The molecule has 0 radical (unpaired) electrons. The number of nitrogens with two attached hydrogens (primary N) is 2. The zero-order chi connectivity index (χ0) is 23.6. The van der Waals surface area contributed by atoms with Gasteiger partial charge in [-0.25, -0.2) is 9.97 Å². The smallest absolute Gasteiger partial charge is 0.398 e. The van der Waals surface area contributed by atoms with Crippen LogP contribution in [0.1, 0.15) is 38.2 Å². The quantitative estimate of drug-likeness (QED) is 0.347. The molecule has 9 heteroatoms. The summed E-state index contributed by atoms with van der Waals surface area (Å²) in [6.07, 6.45) is -0.00102. The van der Waals surface area contributed by atoms with E-state index in [0.29, 0.717) is 11.6 Å². The van der Waals surface area contributed by atoms with Crippen molar-refractivity contribution < 1.29 is 13.2 Å². The molecule has 5 N–H and O–H groups in total. The number of nitrogens with one attached hydrogen (secondary N) is 1. The largest absolute Gasteiger partial charge is 0.416 e. The minimum absolute atomic E-state index is 0.0968. The maximum Gasteiger partial charge on any atom is 0.416 e. The summed E-state index contributed by atoms with van der Waals surface area (Å²) in [5.74, 6) is 0.971. The number of nitrogen functional groups attached to an aromatic ring is 2. The van der Waals surface area contributed by atoms with Crippen molar-refractivity contribution >= 4 is 28.1 Å². The monoisotopic (exact) mass is 458 g/mol. The number of anilines is 3. The van der Waals surface area contributed by atoms with Gasteiger partial charge >= 0.3 is 6.18 Å². The highest BCUT2D eigenvalue weighted by Crippen LogP contribution is 2.39. The SMILES string of the molecule is CCCCCNC1CCN(c2nc(-c3c(N)cc(C(F)(F)F)cc3N)nc3ccccc23)C1. The Morgan fingerprint density at radius 2 is 1.82 bits per heavy atom. The van der Waals surface area contributed by atoms with E-state index in [1.54, 1.807) is 0 Å². The second kappa shape index (κ2) is 9.43. The van der Waals surface area contributed by atoms with Crippen LogP contribution in [0, 0.1) is 0 Å². The molecule has 176 valence electrons. The van der Waals surface area contributed by atoms with E-state index in [1.165, 1.54) is 12.8 Å². The summed E-state index contributed by atoms with van der Waals surface area (Å²) in [6.45, 7) is 4.79. The Morgan fingerprint density at radius 3 is 2.52 bits per heavy atom. The Bertz CT molecular complexity index is 1110. The maximum atomic E-state index is 13.2. The van der Waals surface area contributed by atoms with Gasteiger partial charge in [-0.05, 0) is 43.7 Å². The molecule has 1 fully saturated rings. The number of halogens is 3. The Balaban J connectivity index is 1.69. The number of aromatic nitrogens is 2. The van der Waals surface area contributed by atoms with Crippen LogP contribution in [-0.4, -0.2) is 35.6 Å². The summed E-state index contributed by atoms with van der Waals surface area (Å²) >= 11 is 0. The van der Waals surface area contributed by atoms with E-state index in [-0.39, 0.29) is 22.8 Å². The van der Waals surface area contributed by atoms with Crippen molar-refractivity contribution in [1.29, 1.82) is 0 Å². The van der Waals surface area contributed by atoms with Crippen LogP contribution in [0.15, 0.2) is 36.4 Å². The lowest BCUT2D eigenvalue weighted by atomic mass is 10.0. The number of fused-ring (bicyclic) bond motifs is 1. The third kappa shape index (κ3) is 4.98. The van der Waals surface area contributed by atoms with E-state index in [2.05, 4.69) is 22.1 Å². The Hall–Kier alpha value is -3.07. The molecule has 1 aromatic heterocycles. The molecule has 0 bridgehead atoms. The molecule has 0 aliphatic carbocycles. The number of nitrogens with zero attached hydrogens (tertiary/aromatic N) is 3. The summed E-state index contributed by atoms with van der Waals surface area (Å²) < 4.78 is 39.5. The highest BCUT2D eigenvalue weighted by atomic mass is 19.4. The number of benzene rings is 2. The van der Waals surface area contributed by atoms with E-state index in [9.17, 15) is 13.2 Å². The van der Waals surface area contributed by atoms with E-state index < -0.39 is 11.7 Å². The van der Waals surface area contributed by atoms with Crippen LogP contribution in [-0.2, 0) is 6.18 Å². The fourth-order valence-electron chi connectivity index (χ4n) is 4.32. The first kappa shape index (κ1) is 23.1. The predicted molar refractivity (Wildman–Crippen MR) is 127 cm³/mol. The molecular weight excluding hydrogens is 429 g/mol. The van der Waals surface area contributed by atoms with Crippen molar-refractivity contribution in [2.24, 2.45) is 0 Å². The van der Waals surface area contributed by atoms with Crippen LogP contribution >= 0.6 is 0 Å². The third-order valence-electron chi connectivity index (χ3n) is 6.03. The number of hydrogen-bond donors (Lipinski definition) is 3. The molecule has 33 heavy (non-hydrogen) atoms. The summed E-state index contributed by atoms with van der Waals surface area (Å²) in [6, 6.07) is 9.73. The van der Waals surface area contributed by atoms with Gasteiger partial charge in [-0.2, -0.15) is 13.2 Å². The fraction of sp³-hybridized carbons (Fsp3) is 0.417. The molecule has 0 saturated carbocycles. The second-order valence-corrected chi connectivity index (χ2v) is 8.51. The lowest BCUT2D eigenvalue weighted by molar-refractivity contribution is -0.137. The first-order valence-corrected chi connectivity index (χ1v) is 11.3. The van der Waals surface area contributed by atoms with Gasteiger partial charge in [0.05, 0.1) is 16.6 Å². The second-order valence-electron chi connectivity index (χ2n) is 8.51. The Kier molecular flexibility index (Phi) is 6.60. The van der Waals surface area contributed by atoms with Gasteiger partial charge in [0.2, 0.25) is 0 Å². The Morgan fingerprint density at radius 1 is 1.09 bits per heavy atom. The van der Waals surface area contributed by atoms with Crippen molar-refractivity contribution in [3.05, 3.63) is 42.0 Å². The highest BCUT2D eigenvalue weighted by Gasteiger charge is 2.32. The van der Waals surface area contributed by atoms with Gasteiger partial charge in [-0.3, -0.25) is 0 Å². The molecule has 1 aliphatic rings. The molecule has 4 rings (SSSR count). The molecule has 0 amide bonds. The van der Waals surface area contributed by atoms with Gasteiger partial charge in [0, 0.05) is 35.9 Å². The van der Waals surface area contributed by atoms with Crippen LogP contribution in [0.5, 0.6) is 0 Å². The lowest BCUT2D eigenvalue weighted by Gasteiger charge is -2.21. The van der Waals surface area contributed by atoms with Crippen LogP contribution in [0.2, 0.25) is 0 Å². The summed E-state index contributed by atoms with van der Waals surface area (Å²) in [5, 5.41) is 4.50. The standard InChI is InChI=1S/C24H29F3N6/c1-2-3-6-10-30-16-9-11-33(14-16)23-17-7-4-5-8-20(17)31-22(32-23)21-18(28)12-15(13-19(21)29)24(25,26)27/h4-5,7-8,12-13,16,30H,2-3,6,9-11,14,28-29H2,1H3. The minimum Gasteiger partial charge on any atom is -0.398 e. The number of hydrogen-bond acceptors (Lipinski definition) is 6. The Labute approximate surface area is 191 Å². The molecule has 2 aromatic carbocycles. The zero-order valence-electron chi connectivity index (χ0n) is 18.6. The zero-order valence-corrected chi connectivity index (χ0v) is 18.6. The highest BCUT2D eigenvalue weighted by molar-refractivity contribution is 5.93. The predicted octanol–water partition coefficient (Wildman–Crippen LogP) is 4.84. The average molecular weight is 459 g/mol. The van der Waals surface area contributed by atoms with Crippen molar-refractivity contribution in [3.8, 4) is 11.4 Å². The molecule has 0 spiro atoms. The van der Waals surface area contributed by atoms with Gasteiger partial charge in [-0.1, -0.05) is 31.9 Å². The number of unbranched alkanes of at least 4 members (excludes halogenated alkanes) is 2. The molecule has 1 aliphatic heterocycles. The maximum absolute atomic E-state index is 13.2. The van der Waals surface area contributed by atoms with Crippen molar-refractivity contribution in [1.82, 2.24) is 15.3 Å². The first-order chi connectivity index (χ1) is 15.8. The van der Waals surface area contributed by atoms with Gasteiger partial charge < -0.3 is 21.7 Å². The van der Waals surface area contributed by atoms with E-state index >= 15 is 0 Å². The van der Waals surface area contributed by atoms with Crippen LogP contribution < -0.4 is 21.7 Å². The number of rotatable bonds is 7. The van der Waals surface area contributed by atoms with Gasteiger partial charge in [0.1, 0.15) is 5.82 Å². The van der Waals surface area contributed by atoms with Gasteiger partial charge in [-0.15, -0.1) is 0 Å². The van der Waals surface area contributed by atoms with E-state index in [1.807, 2.05) is 24.3 Å². The van der Waals surface area contributed by atoms with Gasteiger partial charge in [0.15, 0.2) is 5.82 Å². The topological polar surface area (TPSA) is 93.1 Å². The van der Waals surface area contributed by atoms with E-state index in [0.717, 1.165) is 55.8 Å². The van der Waals surface area contributed by atoms with Crippen LogP contribution in [0.25, 0.3) is 22.3 Å². The molecule has 1 unspecified atom stereocenters. The average Bonchev–Trinajstić information content (AvgIpc) is 3.24. The van der Waals surface area contributed by atoms with Crippen molar-refractivity contribution in [3.63, 3.8) is 0 Å². The number of para-hydroxylation sites is 1. The molecular formula is C24H29F3N6.